The summed E-state index contributed by atoms with van der Waals surface area (Å²) in [5.74, 6) is 0. The van der Waals surface area contributed by atoms with E-state index in [4.69, 9.17) is 21.1 Å². The highest BCUT2D eigenvalue weighted by Gasteiger charge is 2.16. The standard InChI is InChI=1S/C10H11ClO2/c11-9-4-1-3-8(7-9)10-12-5-2-6-13-10/h1,3-4,7,10H,2,5-6H2. The average molecular weight is 199 g/mol. The van der Waals surface area contributed by atoms with Gasteiger partial charge in [0.25, 0.3) is 0 Å². The molecule has 0 N–H and O–H groups in total. The minimum absolute atomic E-state index is 0.229. The lowest BCUT2D eigenvalue weighted by Gasteiger charge is -2.23. The highest BCUT2D eigenvalue weighted by molar-refractivity contribution is 6.30. The molecule has 3 heteroatoms. The summed E-state index contributed by atoms with van der Waals surface area (Å²) in [7, 11) is 0. The first-order valence-electron chi connectivity index (χ1n) is 4.35. The minimum Gasteiger partial charge on any atom is -0.348 e. The molecule has 0 aromatic heterocycles. The van der Waals surface area contributed by atoms with Crippen LogP contribution < -0.4 is 0 Å². The van der Waals surface area contributed by atoms with Crippen molar-refractivity contribution in [1.82, 2.24) is 0 Å². The van der Waals surface area contributed by atoms with Crippen LogP contribution in [0.3, 0.4) is 0 Å². The number of hydrogen-bond acceptors (Lipinski definition) is 2. The fraction of sp³-hybridized carbons (Fsp3) is 0.400. The van der Waals surface area contributed by atoms with Crippen LogP contribution in [0.5, 0.6) is 0 Å². The molecule has 0 amide bonds. The van der Waals surface area contributed by atoms with Gasteiger partial charge in [-0.3, -0.25) is 0 Å². The molecule has 0 bridgehead atoms. The Kier molecular flexibility index (Phi) is 2.83. The van der Waals surface area contributed by atoms with E-state index in [9.17, 15) is 0 Å². The smallest absolute Gasteiger partial charge is 0.183 e. The van der Waals surface area contributed by atoms with Gasteiger partial charge in [-0.25, -0.2) is 0 Å². The van der Waals surface area contributed by atoms with Crippen molar-refractivity contribution in [2.24, 2.45) is 0 Å². The van der Waals surface area contributed by atoms with Gasteiger partial charge in [-0.15, -0.1) is 0 Å². The van der Waals surface area contributed by atoms with Gasteiger partial charge in [0.05, 0.1) is 13.2 Å². The second kappa shape index (κ2) is 4.09. The molecule has 1 fully saturated rings. The molecule has 70 valence electrons. The second-order valence-electron chi connectivity index (χ2n) is 2.98. The molecular weight excluding hydrogens is 188 g/mol. The zero-order valence-corrected chi connectivity index (χ0v) is 7.96. The average Bonchev–Trinajstić information content (AvgIpc) is 2.19. The molecule has 0 aliphatic carbocycles. The normalized spacial score (nSPS) is 18.8. The van der Waals surface area contributed by atoms with Crippen molar-refractivity contribution >= 4 is 11.6 Å². The third kappa shape index (κ3) is 2.21. The maximum absolute atomic E-state index is 5.85. The summed E-state index contributed by atoms with van der Waals surface area (Å²) in [5, 5.41) is 0.718. The monoisotopic (exact) mass is 198 g/mol. The number of benzene rings is 1. The van der Waals surface area contributed by atoms with Gasteiger partial charge in [-0.2, -0.15) is 0 Å². The first-order valence-corrected chi connectivity index (χ1v) is 4.73. The fourth-order valence-electron chi connectivity index (χ4n) is 1.33. The van der Waals surface area contributed by atoms with E-state index < -0.39 is 0 Å². The molecule has 0 atom stereocenters. The van der Waals surface area contributed by atoms with Crippen LogP contribution in [-0.2, 0) is 9.47 Å². The summed E-state index contributed by atoms with van der Waals surface area (Å²) < 4.78 is 10.9. The number of rotatable bonds is 1. The van der Waals surface area contributed by atoms with Crippen LogP contribution in [0, 0.1) is 0 Å². The van der Waals surface area contributed by atoms with Gasteiger partial charge in [0.1, 0.15) is 0 Å². The summed E-state index contributed by atoms with van der Waals surface area (Å²) in [6.45, 7) is 1.52. The third-order valence-electron chi connectivity index (χ3n) is 1.95. The van der Waals surface area contributed by atoms with Gasteiger partial charge in [0, 0.05) is 10.6 Å². The van der Waals surface area contributed by atoms with E-state index in [1.165, 1.54) is 0 Å². The van der Waals surface area contributed by atoms with E-state index in [2.05, 4.69) is 0 Å². The van der Waals surface area contributed by atoms with Crippen molar-refractivity contribution in [1.29, 1.82) is 0 Å². The maximum Gasteiger partial charge on any atom is 0.183 e. The molecule has 0 radical (unpaired) electrons. The van der Waals surface area contributed by atoms with Crippen molar-refractivity contribution < 1.29 is 9.47 Å². The Morgan fingerprint density at radius 3 is 2.69 bits per heavy atom. The predicted octanol–water partition coefficient (Wildman–Crippen LogP) is 2.78. The molecule has 1 aliphatic rings. The Bertz CT molecular complexity index is 282. The quantitative estimate of drug-likeness (QED) is 0.691. The van der Waals surface area contributed by atoms with Crippen molar-refractivity contribution in [2.45, 2.75) is 12.7 Å². The van der Waals surface area contributed by atoms with E-state index in [0.717, 1.165) is 30.2 Å². The first kappa shape index (κ1) is 9.00. The van der Waals surface area contributed by atoms with E-state index in [1.54, 1.807) is 0 Å². The topological polar surface area (TPSA) is 18.5 Å². The van der Waals surface area contributed by atoms with Gasteiger partial charge < -0.3 is 9.47 Å². The molecule has 13 heavy (non-hydrogen) atoms. The molecule has 0 unspecified atom stereocenters. The van der Waals surface area contributed by atoms with Gasteiger partial charge in [0.15, 0.2) is 6.29 Å². The molecule has 2 nitrogen and oxygen atoms in total. The molecule has 1 heterocycles. The molecule has 1 aromatic rings. The second-order valence-corrected chi connectivity index (χ2v) is 3.42. The van der Waals surface area contributed by atoms with E-state index in [0.29, 0.717) is 0 Å². The van der Waals surface area contributed by atoms with Gasteiger partial charge in [-0.05, 0) is 18.6 Å². The molecule has 1 aliphatic heterocycles. The van der Waals surface area contributed by atoms with Crippen molar-refractivity contribution in [3.63, 3.8) is 0 Å². The molecular formula is C10H11ClO2. The zero-order valence-electron chi connectivity index (χ0n) is 7.20. The summed E-state index contributed by atoms with van der Waals surface area (Å²) in [6, 6.07) is 7.58. The third-order valence-corrected chi connectivity index (χ3v) is 2.18. The predicted molar refractivity (Wildman–Crippen MR) is 50.7 cm³/mol. The minimum atomic E-state index is -0.229. The summed E-state index contributed by atoms with van der Waals surface area (Å²) in [4.78, 5) is 0. The van der Waals surface area contributed by atoms with Crippen LogP contribution in [0.4, 0.5) is 0 Å². The largest absolute Gasteiger partial charge is 0.348 e. The van der Waals surface area contributed by atoms with Crippen LogP contribution >= 0.6 is 11.6 Å². The van der Waals surface area contributed by atoms with Crippen LogP contribution in [0.1, 0.15) is 18.3 Å². The Morgan fingerprint density at radius 2 is 2.00 bits per heavy atom. The van der Waals surface area contributed by atoms with Crippen LogP contribution in [-0.4, -0.2) is 13.2 Å². The fourth-order valence-corrected chi connectivity index (χ4v) is 1.53. The Hall–Kier alpha value is -0.570. The molecule has 0 spiro atoms. The summed E-state index contributed by atoms with van der Waals surface area (Å²) >= 11 is 5.85. The number of halogens is 1. The van der Waals surface area contributed by atoms with Gasteiger partial charge in [-0.1, -0.05) is 23.7 Å². The van der Waals surface area contributed by atoms with Crippen LogP contribution in [0.2, 0.25) is 5.02 Å². The molecule has 2 rings (SSSR count). The zero-order chi connectivity index (χ0) is 9.10. The van der Waals surface area contributed by atoms with Crippen LogP contribution in [0.15, 0.2) is 24.3 Å². The van der Waals surface area contributed by atoms with Crippen LogP contribution in [0.25, 0.3) is 0 Å². The summed E-state index contributed by atoms with van der Waals surface area (Å²) in [6.07, 6.45) is 0.740. The highest BCUT2D eigenvalue weighted by Crippen LogP contribution is 2.24. The number of ether oxygens (including phenoxy) is 2. The molecule has 0 saturated carbocycles. The lowest BCUT2D eigenvalue weighted by Crippen LogP contribution is -2.17. The maximum atomic E-state index is 5.85. The van der Waals surface area contributed by atoms with E-state index >= 15 is 0 Å². The first-order chi connectivity index (χ1) is 6.36. The Labute approximate surface area is 82.4 Å². The van der Waals surface area contributed by atoms with Gasteiger partial charge >= 0.3 is 0 Å². The Morgan fingerprint density at radius 1 is 1.23 bits per heavy atom. The van der Waals surface area contributed by atoms with Crippen molar-refractivity contribution in [2.75, 3.05) is 13.2 Å². The summed E-state index contributed by atoms with van der Waals surface area (Å²) in [5.41, 5.74) is 0.993. The van der Waals surface area contributed by atoms with Crippen molar-refractivity contribution in [3.05, 3.63) is 34.9 Å². The van der Waals surface area contributed by atoms with Crippen molar-refractivity contribution in [3.8, 4) is 0 Å². The molecule has 1 aromatic carbocycles. The van der Waals surface area contributed by atoms with E-state index in [1.807, 2.05) is 24.3 Å². The highest BCUT2D eigenvalue weighted by atomic mass is 35.5. The SMILES string of the molecule is Clc1cccc(C2OCCCO2)c1. The van der Waals surface area contributed by atoms with E-state index in [-0.39, 0.29) is 6.29 Å². The molecule has 1 saturated heterocycles. The number of hydrogen-bond donors (Lipinski definition) is 0. The Balaban J connectivity index is 2.14. The van der Waals surface area contributed by atoms with Gasteiger partial charge in [0.2, 0.25) is 0 Å². The lowest BCUT2D eigenvalue weighted by atomic mass is 10.2. The lowest BCUT2D eigenvalue weighted by molar-refractivity contribution is -0.183.